The van der Waals surface area contributed by atoms with Gasteiger partial charge in [-0.3, -0.25) is 0 Å². The van der Waals surface area contributed by atoms with Gasteiger partial charge in [0.1, 0.15) is 5.75 Å². The van der Waals surface area contributed by atoms with Gasteiger partial charge in [0.2, 0.25) is 0 Å². The summed E-state index contributed by atoms with van der Waals surface area (Å²) >= 11 is 0. The average Bonchev–Trinajstić information content (AvgIpc) is 2.52. The summed E-state index contributed by atoms with van der Waals surface area (Å²) in [5.41, 5.74) is 2.54. The smallest absolute Gasteiger partial charge is 0.118 e. The molecule has 21 heavy (non-hydrogen) atoms. The Hall–Kier alpha value is -1.77. The highest BCUT2D eigenvalue weighted by Crippen LogP contribution is 2.21. The zero-order valence-electron chi connectivity index (χ0n) is 12.3. The molecule has 0 aliphatic carbocycles. The lowest BCUT2D eigenvalue weighted by Crippen LogP contribution is -2.20. The van der Waals surface area contributed by atoms with Crippen molar-refractivity contribution in [1.82, 2.24) is 5.32 Å². The van der Waals surface area contributed by atoms with Crippen molar-refractivity contribution in [2.45, 2.75) is 19.0 Å². The van der Waals surface area contributed by atoms with Crippen molar-refractivity contribution >= 4 is 12.4 Å². The lowest BCUT2D eigenvalue weighted by molar-refractivity contribution is 0.414. The molecule has 0 heterocycles. The van der Waals surface area contributed by atoms with E-state index < -0.39 is 0 Å². The van der Waals surface area contributed by atoms with Crippen molar-refractivity contribution < 1.29 is 4.74 Å². The highest BCUT2D eigenvalue weighted by Gasteiger charge is 2.09. The van der Waals surface area contributed by atoms with Crippen LogP contribution in [0.25, 0.3) is 0 Å². The van der Waals surface area contributed by atoms with E-state index in [-0.39, 0.29) is 18.4 Å². The van der Waals surface area contributed by atoms with E-state index >= 15 is 0 Å². The van der Waals surface area contributed by atoms with Crippen LogP contribution in [0.15, 0.2) is 67.3 Å². The number of rotatable bonds is 7. The Morgan fingerprint density at radius 2 is 1.76 bits per heavy atom. The molecule has 2 aromatic rings. The molecular formula is C18H22ClNO. The maximum absolute atomic E-state index is 5.20. The van der Waals surface area contributed by atoms with Gasteiger partial charge in [0.25, 0.3) is 0 Å². The third kappa shape index (κ3) is 5.25. The van der Waals surface area contributed by atoms with Crippen LogP contribution < -0.4 is 10.1 Å². The predicted molar refractivity (Wildman–Crippen MR) is 91.1 cm³/mol. The van der Waals surface area contributed by atoms with Crippen molar-refractivity contribution in [3.05, 3.63) is 78.4 Å². The Kier molecular flexibility index (Phi) is 7.59. The Morgan fingerprint density at radius 3 is 2.33 bits per heavy atom. The normalized spacial score (nSPS) is 11.3. The molecule has 0 amide bonds. The van der Waals surface area contributed by atoms with E-state index in [1.807, 2.05) is 24.3 Å². The topological polar surface area (TPSA) is 21.3 Å². The van der Waals surface area contributed by atoms with E-state index in [1.165, 1.54) is 11.1 Å². The van der Waals surface area contributed by atoms with Crippen LogP contribution in [-0.4, -0.2) is 7.11 Å². The van der Waals surface area contributed by atoms with Crippen molar-refractivity contribution in [1.29, 1.82) is 0 Å². The molecule has 0 bridgehead atoms. The van der Waals surface area contributed by atoms with Crippen molar-refractivity contribution in [2.24, 2.45) is 0 Å². The summed E-state index contributed by atoms with van der Waals surface area (Å²) < 4.78 is 5.20. The van der Waals surface area contributed by atoms with Gasteiger partial charge in [-0.05, 0) is 29.7 Å². The van der Waals surface area contributed by atoms with Crippen LogP contribution in [0.3, 0.4) is 0 Å². The molecule has 3 heteroatoms. The van der Waals surface area contributed by atoms with E-state index in [0.29, 0.717) is 0 Å². The Labute approximate surface area is 133 Å². The summed E-state index contributed by atoms with van der Waals surface area (Å²) in [5.74, 6) is 0.883. The highest BCUT2D eigenvalue weighted by molar-refractivity contribution is 5.85. The fourth-order valence-electron chi connectivity index (χ4n) is 2.18. The zero-order chi connectivity index (χ0) is 14.2. The number of halogens is 1. The second-order valence-corrected chi connectivity index (χ2v) is 4.72. The van der Waals surface area contributed by atoms with E-state index in [2.05, 4.69) is 48.3 Å². The first kappa shape index (κ1) is 17.3. The van der Waals surface area contributed by atoms with Gasteiger partial charge < -0.3 is 10.1 Å². The molecule has 0 saturated carbocycles. The maximum atomic E-state index is 5.20. The molecule has 1 unspecified atom stereocenters. The fourth-order valence-corrected chi connectivity index (χ4v) is 2.18. The molecule has 0 fully saturated rings. The van der Waals surface area contributed by atoms with Gasteiger partial charge in [0.15, 0.2) is 0 Å². The van der Waals surface area contributed by atoms with Crippen LogP contribution >= 0.6 is 12.4 Å². The zero-order valence-corrected chi connectivity index (χ0v) is 13.1. The number of benzene rings is 2. The van der Waals surface area contributed by atoms with Crippen LogP contribution in [0.1, 0.15) is 23.6 Å². The lowest BCUT2D eigenvalue weighted by atomic mass is 10.0. The molecule has 0 saturated heterocycles. The number of hydrogen-bond acceptors (Lipinski definition) is 2. The number of nitrogens with one attached hydrogen (secondary N) is 1. The average molecular weight is 304 g/mol. The molecule has 112 valence electrons. The maximum Gasteiger partial charge on any atom is 0.118 e. The van der Waals surface area contributed by atoms with Crippen LogP contribution in [0.5, 0.6) is 5.75 Å². The molecule has 1 N–H and O–H groups in total. The first-order valence-electron chi connectivity index (χ1n) is 6.85. The molecule has 1 atom stereocenters. The molecule has 0 aromatic heterocycles. The second-order valence-electron chi connectivity index (χ2n) is 4.72. The molecular weight excluding hydrogens is 282 g/mol. The van der Waals surface area contributed by atoms with Crippen LogP contribution in [-0.2, 0) is 6.54 Å². The van der Waals surface area contributed by atoms with Gasteiger partial charge in [-0.25, -0.2) is 0 Å². The summed E-state index contributed by atoms with van der Waals surface area (Å²) in [7, 11) is 1.68. The van der Waals surface area contributed by atoms with E-state index in [4.69, 9.17) is 4.74 Å². The van der Waals surface area contributed by atoms with E-state index in [0.717, 1.165) is 18.7 Å². The molecule has 2 nitrogen and oxygen atoms in total. The van der Waals surface area contributed by atoms with Crippen LogP contribution in [0.4, 0.5) is 0 Å². The summed E-state index contributed by atoms with van der Waals surface area (Å²) in [5, 5.41) is 3.58. The summed E-state index contributed by atoms with van der Waals surface area (Å²) in [6.07, 6.45) is 2.85. The van der Waals surface area contributed by atoms with Gasteiger partial charge in [-0.15, -0.1) is 19.0 Å². The van der Waals surface area contributed by atoms with Crippen molar-refractivity contribution in [3.8, 4) is 5.75 Å². The monoisotopic (exact) mass is 303 g/mol. The standard InChI is InChI=1S/C18H21NO.ClH/c1-3-7-18(16-10-12-17(20-2)13-11-16)19-14-15-8-5-4-6-9-15;/h3-6,8-13,18-19H,1,7,14H2,2H3;1H. The minimum Gasteiger partial charge on any atom is -0.497 e. The Bertz CT molecular complexity index is 525. The number of hydrogen-bond donors (Lipinski definition) is 1. The summed E-state index contributed by atoms with van der Waals surface area (Å²) in [6.45, 7) is 4.70. The molecule has 0 radical (unpaired) electrons. The summed E-state index contributed by atoms with van der Waals surface area (Å²) in [4.78, 5) is 0. The predicted octanol–water partition coefficient (Wildman–Crippen LogP) is 4.52. The second kappa shape index (κ2) is 9.22. The summed E-state index contributed by atoms with van der Waals surface area (Å²) in [6, 6.07) is 18.9. The molecule has 0 aliphatic rings. The van der Waals surface area contributed by atoms with Crippen molar-refractivity contribution in [2.75, 3.05) is 7.11 Å². The third-order valence-electron chi connectivity index (χ3n) is 3.32. The van der Waals surface area contributed by atoms with Gasteiger partial charge in [0, 0.05) is 12.6 Å². The molecule has 0 aliphatic heterocycles. The highest BCUT2D eigenvalue weighted by atomic mass is 35.5. The number of methoxy groups -OCH3 is 1. The molecule has 0 spiro atoms. The first-order valence-corrected chi connectivity index (χ1v) is 6.85. The van der Waals surface area contributed by atoms with E-state index in [9.17, 15) is 0 Å². The molecule has 2 rings (SSSR count). The minimum absolute atomic E-state index is 0. The first-order chi connectivity index (χ1) is 9.83. The minimum atomic E-state index is 0. The molecule has 2 aromatic carbocycles. The quantitative estimate of drug-likeness (QED) is 0.759. The van der Waals surface area contributed by atoms with Gasteiger partial charge in [0.05, 0.1) is 7.11 Å². The fraction of sp³-hybridized carbons (Fsp3) is 0.222. The van der Waals surface area contributed by atoms with E-state index in [1.54, 1.807) is 7.11 Å². The Morgan fingerprint density at radius 1 is 1.10 bits per heavy atom. The van der Waals surface area contributed by atoms with Crippen LogP contribution in [0, 0.1) is 0 Å². The van der Waals surface area contributed by atoms with Gasteiger partial charge >= 0.3 is 0 Å². The largest absolute Gasteiger partial charge is 0.497 e. The Balaban J connectivity index is 0.00000220. The number of ether oxygens (including phenoxy) is 1. The third-order valence-corrected chi connectivity index (χ3v) is 3.32. The van der Waals surface area contributed by atoms with Gasteiger partial charge in [-0.2, -0.15) is 0 Å². The van der Waals surface area contributed by atoms with Gasteiger partial charge in [-0.1, -0.05) is 48.5 Å². The lowest BCUT2D eigenvalue weighted by Gasteiger charge is -2.18. The SMILES string of the molecule is C=CCC(NCc1ccccc1)c1ccc(OC)cc1.Cl. The van der Waals surface area contributed by atoms with Crippen LogP contribution in [0.2, 0.25) is 0 Å². The van der Waals surface area contributed by atoms with Crippen molar-refractivity contribution in [3.63, 3.8) is 0 Å².